The Kier molecular flexibility index (Phi) is 2.91. The molecular weight excluding hydrogens is 354 g/mol. The molecule has 0 aliphatic carbocycles. The maximum Gasteiger partial charge on any atom is 0.106 e. The highest BCUT2D eigenvalue weighted by Crippen LogP contribution is 2.50. The van der Waals surface area contributed by atoms with E-state index in [1.54, 1.807) is 0 Å². The second-order valence-corrected chi connectivity index (χ2v) is 7.91. The molecule has 7 rings (SSSR count). The van der Waals surface area contributed by atoms with Crippen LogP contribution in [0.3, 0.4) is 0 Å². The average molecular weight is 373 g/mol. The van der Waals surface area contributed by atoms with Crippen LogP contribution >= 0.6 is 0 Å². The summed E-state index contributed by atoms with van der Waals surface area (Å²) >= 11 is 0. The molecule has 2 aliphatic heterocycles. The quantitative estimate of drug-likeness (QED) is 0.358. The largest absolute Gasteiger partial charge is 0.309 e. The maximum absolute atomic E-state index is 2.45. The fourth-order valence-electron chi connectivity index (χ4n) is 5.03. The number of fused-ring (bicyclic) bond motifs is 6. The highest BCUT2D eigenvalue weighted by Gasteiger charge is 2.47. The van der Waals surface area contributed by atoms with Gasteiger partial charge in [0.05, 0.1) is 22.8 Å². The molecule has 5 aromatic rings. The van der Waals surface area contributed by atoms with E-state index in [-0.39, 0.29) is 0 Å². The van der Waals surface area contributed by atoms with Crippen molar-refractivity contribution in [3.05, 3.63) is 108 Å². The number of hydrogen-bond donors (Lipinski definition) is 0. The molecule has 3 heteroatoms. The molecule has 138 valence electrons. The van der Waals surface area contributed by atoms with Crippen LogP contribution in [0, 0.1) is 0 Å². The summed E-state index contributed by atoms with van der Waals surface area (Å²) in [6, 6.07) is 35.5. The van der Waals surface area contributed by atoms with Gasteiger partial charge in [-0.1, -0.05) is 60.7 Å². The minimum absolute atomic E-state index is 0.314. The zero-order chi connectivity index (χ0) is 18.9. The Hall–Kier alpha value is -3.56. The van der Waals surface area contributed by atoms with Gasteiger partial charge in [0.2, 0.25) is 0 Å². The average Bonchev–Trinajstić information content (AvgIpc) is 3.40. The van der Waals surface area contributed by atoms with Crippen LogP contribution in [0.4, 0.5) is 5.69 Å². The highest BCUT2D eigenvalue weighted by molar-refractivity contribution is 6.09. The van der Waals surface area contributed by atoms with E-state index in [1.165, 1.54) is 44.3 Å². The molecule has 3 heterocycles. The van der Waals surface area contributed by atoms with Crippen LogP contribution in [0.5, 0.6) is 0 Å². The van der Waals surface area contributed by atoms with Gasteiger partial charge in [-0.25, -0.2) is 0 Å². The standard InChI is InChI=1S/C26H19N3/c1-2-8-19(9-3-1)29-24-13-7-4-10-20(24)22-16-18(14-15-25(22)29)26-21-11-5-6-12-23(21)27-17-28(26)27/h1-16,26H,17H2/t26?,27?,28-/m0/s1. The third-order valence-electron chi connectivity index (χ3n) is 6.34. The Labute approximate surface area is 169 Å². The van der Waals surface area contributed by atoms with Gasteiger partial charge in [-0.2, -0.15) is 5.01 Å². The van der Waals surface area contributed by atoms with Gasteiger partial charge in [0, 0.05) is 22.0 Å². The van der Waals surface area contributed by atoms with Crippen molar-refractivity contribution in [1.82, 2.24) is 9.58 Å². The molecule has 1 aromatic heterocycles. The SMILES string of the molecule is c1ccc(-n2c3ccccc3c3cc(C4c5ccccc5N5C[N@@]45)ccc32)cc1. The van der Waals surface area contributed by atoms with E-state index < -0.39 is 0 Å². The van der Waals surface area contributed by atoms with E-state index in [0.717, 1.165) is 6.67 Å². The fraction of sp³-hybridized carbons (Fsp3) is 0.0769. The van der Waals surface area contributed by atoms with E-state index >= 15 is 0 Å². The molecule has 4 aromatic carbocycles. The molecule has 0 amide bonds. The number of anilines is 1. The summed E-state index contributed by atoms with van der Waals surface area (Å²) in [6.07, 6.45) is 0. The maximum atomic E-state index is 2.45. The molecule has 1 unspecified atom stereocenters. The van der Waals surface area contributed by atoms with Crippen LogP contribution in [0.2, 0.25) is 0 Å². The molecule has 2 atom stereocenters. The third-order valence-corrected chi connectivity index (χ3v) is 6.34. The lowest BCUT2D eigenvalue weighted by atomic mass is 9.96. The van der Waals surface area contributed by atoms with Crippen molar-refractivity contribution in [3.8, 4) is 5.69 Å². The monoisotopic (exact) mass is 373 g/mol. The molecule has 0 bridgehead atoms. The molecule has 3 nitrogen and oxygen atoms in total. The number of nitrogens with zero attached hydrogens (tertiary/aromatic N) is 3. The predicted octanol–water partition coefficient (Wildman–Crippen LogP) is 5.88. The van der Waals surface area contributed by atoms with Crippen molar-refractivity contribution in [2.75, 3.05) is 11.7 Å². The van der Waals surface area contributed by atoms with Gasteiger partial charge in [-0.05, 0) is 42.0 Å². The van der Waals surface area contributed by atoms with Gasteiger partial charge in [0.15, 0.2) is 0 Å². The number of benzene rings is 4. The Morgan fingerprint density at radius 2 is 1.41 bits per heavy atom. The van der Waals surface area contributed by atoms with Crippen LogP contribution in [0.15, 0.2) is 97.1 Å². The zero-order valence-corrected chi connectivity index (χ0v) is 15.9. The van der Waals surface area contributed by atoms with Crippen LogP contribution in [0.25, 0.3) is 27.5 Å². The van der Waals surface area contributed by atoms with Gasteiger partial charge in [-0.15, -0.1) is 0 Å². The lowest BCUT2D eigenvalue weighted by Crippen LogP contribution is -2.08. The van der Waals surface area contributed by atoms with Gasteiger partial charge in [0.25, 0.3) is 0 Å². The summed E-state index contributed by atoms with van der Waals surface area (Å²) in [7, 11) is 0. The van der Waals surface area contributed by atoms with Crippen LogP contribution in [0.1, 0.15) is 17.2 Å². The van der Waals surface area contributed by atoms with E-state index in [0.29, 0.717) is 6.04 Å². The smallest absolute Gasteiger partial charge is 0.106 e. The second kappa shape index (κ2) is 5.49. The summed E-state index contributed by atoms with van der Waals surface area (Å²) < 4.78 is 2.38. The Balaban J connectivity index is 1.49. The zero-order valence-electron chi connectivity index (χ0n) is 15.9. The normalized spacial score (nSPS) is 19.5. The topological polar surface area (TPSA) is 10.9 Å². The molecule has 1 fully saturated rings. The predicted molar refractivity (Wildman–Crippen MR) is 118 cm³/mol. The number of hydrogen-bond acceptors (Lipinski definition) is 2. The summed E-state index contributed by atoms with van der Waals surface area (Å²) in [5, 5.41) is 7.45. The molecule has 29 heavy (non-hydrogen) atoms. The summed E-state index contributed by atoms with van der Waals surface area (Å²) in [5.41, 5.74) is 7.84. The number of aromatic nitrogens is 1. The lowest BCUT2D eigenvalue weighted by Gasteiger charge is -2.14. The molecule has 0 spiro atoms. The number of para-hydroxylation sites is 3. The van der Waals surface area contributed by atoms with E-state index in [1.807, 2.05) is 0 Å². The van der Waals surface area contributed by atoms with Gasteiger partial charge in [-0.3, -0.25) is 5.01 Å². The number of rotatable bonds is 2. The molecular formula is C26H19N3. The van der Waals surface area contributed by atoms with E-state index in [9.17, 15) is 0 Å². The summed E-state index contributed by atoms with van der Waals surface area (Å²) in [5.74, 6) is 0. The minimum Gasteiger partial charge on any atom is -0.309 e. The van der Waals surface area contributed by atoms with E-state index in [4.69, 9.17) is 0 Å². The fourth-order valence-corrected chi connectivity index (χ4v) is 5.03. The van der Waals surface area contributed by atoms with Crippen molar-refractivity contribution in [2.24, 2.45) is 0 Å². The molecule has 1 saturated heterocycles. The summed E-state index contributed by atoms with van der Waals surface area (Å²) in [4.78, 5) is 0. The van der Waals surface area contributed by atoms with Gasteiger partial charge < -0.3 is 4.57 Å². The van der Waals surface area contributed by atoms with Crippen molar-refractivity contribution >= 4 is 27.5 Å². The van der Waals surface area contributed by atoms with Gasteiger partial charge >= 0.3 is 0 Å². The number of hydrazine groups is 1. The van der Waals surface area contributed by atoms with Crippen molar-refractivity contribution in [1.29, 1.82) is 0 Å². The Morgan fingerprint density at radius 3 is 2.34 bits per heavy atom. The second-order valence-electron chi connectivity index (χ2n) is 7.91. The van der Waals surface area contributed by atoms with E-state index in [2.05, 4.69) is 112 Å². The van der Waals surface area contributed by atoms with Crippen molar-refractivity contribution < 1.29 is 0 Å². The van der Waals surface area contributed by atoms with Crippen LogP contribution < -0.4 is 5.01 Å². The first-order valence-corrected chi connectivity index (χ1v) is 10.1. The molecule has 0 saturated carbocycles. The molecule has 0 radical (unpaired) electrons. The first-order valence-electron chi connectivity index (χ1n) is 10.1. The third kappa shape index (κ3) is 2.05. The van der Waals surface area contributed by atoms with Crippen molar-refractivity contribution in [2.45, 2.75) is 6.04 Å². The molecule has 0 N–H and O–H groups in total. The van der Waals surface area contributed by atoms with Crippen LogP contribution in [-0.2, 0) is 0 Å². The molecule has 2 aliphatic rings. The minimum atomic E-state index is 0.314. The Bertz CT molecular complexity index is 1400. The first kappa shape index (κ1) is 15.4. The first-order chi connectivity index (χ1) is 14.4. The van der Waals surface area contributed by atoms with Crippen molar-refractivity contribution in [3.63, 3.8) is 0 Å². The highest BCUT2D eigenvalue weighted by atomic mass is 15.8. The van der Waals surface area contributed by atoms with Crippen LogP contribution in [-0.4, -0.2) is 16.2 Å². The summed E-state index contributed by atoms with van der Waals surface area (Å²) in [6.45, 7) is 1.02. The lowest BCUT2D eigenvalue weighted by molar-refractivity contribution is 0.485. The Morgan fingerprint density at radius 1 is 0.655 bits per heavy atom. The van der Waals surface area contributed by atoms with Gasteiger partial charge in [0.1, 0.15) is 6.67 Å².